The highest BCUT2D eigenvalue weighted by atomic mass is 16.5. The Labute approximate surface area is 359 Å². The van der Waals surface area contributed by atoms with Gasteiger partial charge in [-0.3, -0.25) is 9.59 Å². The molecule has 7 nitrogen and oxygen atoms in total. The summed E-state index contributed by atoms with van der Waals surface area (Å²) in [6.45, 7) is 17.9. The van der Waals surface area contributed by atoms with Crippen LogP contribution in [0.2, 0.25) is 0 Å². The van der Waals surface area contributed by atoms with Crippen molar-refractivity contribution in [1.82, 2.24) is 0 Å². The van der Waals surface area contributed by atoms with Crippen molar-refractivity contribution < 1.29 is 34.0 Å². The average Bonchev–Trinajstić information content (AvgIpc) is 3.75. The zero-order valence-electron chi connectivity index (χ0n) is 38.4. The molecule has 8 fully saturated rings. The monoisotopic (exact) mass is 823 g/mol. The summed E-state index contributed by atoms with van der Waals surface area (Å²) in [6.07, 6.45) is 26.7. The number of carboxylic acids is 2. The molecular formula is C52H86O7. The summed E-state index contributed by atoms with van der Waals surface area (Å²) in [6, 6.07) is 0. The summed E-state index contributed by atoms with van der Waals surface area (Å²) in [4.78, 5) is 22.6. The summed E-state index contributed by atoms with van der Waals surface area (Å²) in [7, 11) is 0. The van der Waals surface area contributed by atoms with E-state index in [0.29, 0.717) is 96.8 Å². The number of hydrogen-bond donors (Lipinski definition) is 2. The number of ether oxygens (including phenoxy) is 3. The summed E-state index contributed by atoms with van der Waals surface area (Å²) >= 11 is 0. The van der Waals surface area contributed by atoms with Crippen LogP contribution in [0, 0.1) is 92.7 Å². The Morgan fingerprint density at radius 1 is 0.508 bits per heavy atom. The zero-order chi connectivity index (χ0) is 41.7. The molecule has 0 saturated heterocycles. The maximum atomic E-state index is 11.3. The minimum Gasteiger partial charge on any atom is -0.481 e. The largest absolute Gasteiger partial charge is 0.481 e. The van der Waals surface area contributed by atoms with E-state index in [1.807, 2.05) is 0 Å². The van der Waals surface area contributed by atoms with Crippen LogP contribution < -0.4 is 0 Å². The van der Waals surface area contributed by atoms with E-state index in [0.717, 1.165) is 60.2 Å². The third kappa shape index (κ3) is 8.37. The van der Waals surface area contributed by atoms with Gasteiger partial charge in [0.25, 0.3) is 0 Å². The van der Waals surface area contributed by atoms with Crippen molar-refractivity contribution in [3.63, 3.8) is 0 Å². The lowest BCUT2D eigenvalue weighted by Crippen LogP contribution is -2.54. The van der Waals surface area contributed by atoms with E-state index >= 15 is 0 Å². The van der Waals surface area contributed by atoms with E-state index in [2.05, 4.69) is 41.5 Å². The highest BCUT2D eigenvalue weighted by Gasteiger charge is 2.62. The molecule has 7 heteroatoms. The second-order valence-corrected chi connectivity index (χ2v) is 23.7. The fourth-order valence-electron chi connectivity index (χ4n) is 18.4. The van der Waals surface area contributed by atoms with Gasteiger partial charge < -0.3 is 24.4 Å². The molecule has 8 rings (SSSR count). The van der Waals surface area contributed by atoms with Crippen LogP contribution in [-0.4, -0.2) is 60.8 Å². The molecule has 0 aromatic carbocycles. The zero-order valence-corrected chi connectivity index (χ0v) is 38.4. The Hall–Kier alpha value is -1.18. The van der Waals surface area contributed by atoms with Gasteiger partial charge in [0.15, 0.2) is 0 Å². The van der Waals surface area contributed by atoms with E-state index in [9.17, 15) is 19.8 Å². The molecule has 0 radical (unpaired) electrons. The minimum absolute atomic E-state index is 0.319. The molecule has 8 aliphatic carbocycles. The molecule has 0 aliphatic heterocycles. The topological polar surface area (TPSA) is 102 Å². The Kier molecular flexibility index (Phi) is 13.4. The van der Waals surface area contributed by atoms with Crippen LogP contribution in [0.15, 0.2) is 0 Å². The number of aliphatic carboxylic acids is 2. The van der Waals surface area contributed by atoms with Gasteiger partial charge in [0.2, 0.25) is 0 Å². The predicted molar refractivity (Wildman–Crippen MR) is 233 cm³/mol. The first-order valence-corrected chi connectivity index (χ1v) is 25.4. The lowest BCUT2D eigenvalue weighted by atomic mass is 9.44. The Bertz CT molecular complexity index is 1360. The third-order valence-corrected chi connectivity index (χ3v) is 21.5. The fourth-order valence-corrected chi connectivity index (χ4v) is 18.4. The van der Waals surface area contributed by atoms with Gasteiger partial charge in [-0.2, -0.15) is 0 Å². The Morgan fingerprint density at radius 3 is 1.31 bits per heavy atom. The van der Waals surface area contributed by atoms with Gasteiger partial charge >= 0.3 is 11.9 Å². The van der Waals surface area contributed by atoms with E-state index in [-0.39, 0.29) is 0 Å². The van der Waals surface area contributed by atoms with E-state index < -0.39 is 11.9 Å². The number of carboxylic acid groups (broad SMARTS) is 2. The second kappa shape index (κ2) is 17.8. The van der Waals surface area contributed by atoms with Crippen LogP contribution >= 0.6 is 0 Å². The average molecular weight is 823 g/mol. The van der Waals surface area contributed by atoms with Gasteiger partial charge in [0, 0.05) is 12.8 Å². The van der Waals surface area contributed by atoms with Gasteiger partial charge in [0.05, 0.1) is 38.6 Å². The summed E-state index contributed by atoms with van der Waals surface area (Å²) in [5.74, 6) is 7.75. The minimum atomic E-state index is -0.640. The number of fused-ring (bicyclic) bond motifs is 10. The molecule has 2 N–H and O–H groups in total. The predicted octanol–water partition coefficient (Wildman–Crippen LogP) is 12.1. The van der Waals surface area contributed by atoms with Gasteiger partial charge in [-0.1, -0.05) is 41.5 Å². The normalized spacial score (nSPS) is 47.4. The second-order valence-electron chi connectivity index (χ2n) is 23.7. The third-order valence-electron chi connectivity index (χ3n) is 21.5. The van der Waals surface area contributed by atoms with Crippen LogP contribution in [0.1, 0.15) is 183 Å². The first-order chi connectivity index (χ1) is 28.2. The van der Waals surface area contributed by atoms with Crippen LogP contribution in [0.4, 0.5) is 0 Å². The molecule has 0 amide bonds. The lowest BCUT2D eigenvalue weighted by Gasteiger charge is -2.61. The van der Waals surface area contributed by atoms with E-state index in [1.54, 1.807) is 0 Å². The van der Waals surface area contributed by atoms with Gasteiger partial charge in [0.1, 0.15) is 0 Å². The first kappa shape index (κ1) is 44.4. The number of hydrogen-bond acceptors (Lipinski definition) is 5. The van der Waals surface area contributed by atoms with Crippen molar-refractivity contribution in [2.24, 2.45) is 92.7 Å². The van der Waals surface area contributed by atoms with Gasteiger partial charge in [-0.15, -0.1) is 0 Å². The number of rotatable bonds is 16. The molecule has 8 saturated carbocycles. The van der Waals surface area contributed by atoms with Crippen LogP contribution in [0.5, 0.6) is 0 Å². The highest BCUT2D eigenvalue weighted by Crippen LogP contribution is 2.70. The highest BCUT2D eigenvalue weighted by molar-refractivity contribution is 5.66. The first-order valence-electron chi connectivity index (χ1n) is 25.4. The molecule has 0 bridgehead atoms. The summed E-state index contributed by atoms with van der Waals surface area (Å²) < 4.78 is 19.2. The Morgan fingerprint density at radius 2 is 0.898 bits per heavy atom. The van der Waals surface area contributed by atoms with Crippen molar-refractivity contribution >= 4 is 11.9 Å². The van der Waals surface area contributed by atoms with Crippen molar-refractivity contribution in [3.05, 3.63) is 0 Å². The van der Waals surface area contributed by atoms with Crippen molar-refractivity contribution in [1.29, 1.82) is 0 Å². The fraction of sp³-hybridized carbons (Fsp3) is 0.962. The quantitative estimate of drug-likeness (QED) is 0.149. The molecule has 2 unspecified atom stereocenters. The van der Waals surface area contributed by atoms with Crippen LogP contribution in [0.3, 0.4) is 0 Å². The van der Waals surface area contributed by atoms with Crippen molar-refractivity contribution in [3.8, 4) is 0 Å². The number of carbonyl (C=O) groups is 2. The molecule has 59 heavy (non-hydrogen) atoms. The van der Waals surface area contributed by atoms with Gasteiger partial charge in [-0.05, 0) is 221 Å². The molecule has 0 heterocycles. The van der Waals surface area contributed by atoms with Crippen molar-refractivity contribution in [2.45, 2.75) is 195 Å². The smallest absolute Gasteiger partial charge is 0.303 e. The molecular weight excluding hydrogens is 737 g/mol. The molecule has 336 valence electrons. The maximum Gasteiger partial charge on any atom is 0.303 e. The van der Waals surface area contributed by atoms with E-state index in [4.69, 9.17) is 14.2 Å². The van der Waals surface area contributed by atoms with Crippen LogP contribution in [-0.2, 0) is 23.8 Å². The van der Waals surface area contributed by atoms with Crippen LogP contribution in [0.25, 0.3) is 0 Å². The molecule has 0 aromatic heterocycles. The van der Waals surface area contributed by atoms with Gasteiger partial charge in [-0.25, -0.2) is 0 Å². The molecule has 18 atom stereocenters. The molecule has 8 aliphatic rings. The SMILES string of the molecule is C[C@H](CCC(=O)O)C1CC[C@H]2[C@@H]3CC[C@@H]4C[C@H](OCCOCCO[C@@H]5CC[C@@]6(C)[C@H](CC[C@@H]7[C@@H]6CC[C@]6(C)C([C@H](C)CCC(=O)O)CC[C@@H]76)C5)CC[C@]4(C)[C@H]3CC[C@]12C. The molecule has 0 aromatic rings. The summed E-state index contributed by atoms with van der Waals surface area (Å²) in [5, 5.41) is 18.6. The molecule has 0 spiro atoms. The lowest BCUT2D eigenvalue weighted by molar-refractivity contribution is -0.143. The standard InChI is InChI=1S/C52H86O7/c1-33(7-17-47(53)54)41-13-15-43-39-11-9-35-31-37(19-23-49(35,3)45(39)21-25-51(41,43)5)58-29-27-57-28-30-59-38-20-24-50(4)36(32-38)10-12-40-44-16-14-42(34(2)8-18-48(55)56)52(44,6)26-22-46(40)50/h33-46H,7-32H2,1-6H3,(H,53,54)(H,55,56)/t33-,34-,35-,36-,37-,38-,39+,40+,41?,42?,43+,44+,45+,46+,49+,50+,51-,52-/m1/s1. The Balaban J connectivity index is 0.724. The maximum absolute atomic E-state index is 11.3. The van der Waals surface area contributed by atoms with E-state index in [1.165, 1.54) is 116 Å². The van der Waals surface area contributed by atoms with Crippen molar-refractivity contribution in [2.75, 3.05) is 26.4 Å². The summed E-state index contributed by atoms with van der Waals surface area (Å²) in [5.41, 5.74) is 1.69.